The van der Waals surface area contributed by atoms with Gasteiger partial charge in [-0.25, -0.2) is 5.43 Å². The highest BCUT2D eigenvalue weighted by molar-refractivity contribution is 6.01. The lowest BCUT2D eigenvalue weighted by Crippen LogP contribution is -2.29. The van der Waals surface area contributed by atoms with Crippen LogP contribution in [0.4, 0.5) is 0 Å². The zero-order valence-electron chi connectivity index (χ0n) is 12.4. The van der Waals surface area contributed by atoms with Crippen molar-refractivity contribution in [3.05, 3.63) is 64.6 Å². The van der Waals surface area contributed by atoms with Gasteiger partial charge in [-0.2, -0.15) is 5.10 Å². The van der Waals surface area contributed by atoms with Crippen LogP contribution in [0.3, 0.4) is 0 Å². The van der Waals surface area contributed by atoms with Crippen LogP contribution in [0.5, 0.6) is 5.75 Å². The van der Waals surface area contributed by atoms with E-state index in [2.05, 4.69) is 10.5 Å². The number of nitrogens with zero attached hydrogens (tertiary/aromatic N) is 2. The number of pyridine rings is 1. The quantitative estimate of drug-likeness (QED) is 0.670. The molecule has 2 aromatic rings. The maximum absolute atomic E-state index is 11.8. The number of hydrazone groups is 1. The minimum Gasteiger partial charge on any atom is -0.496 e. The van der Waals surface area contributed by atoms with E-state index in [0.29, 0.717) is 11.5 Å². The molecule has 0 aliphatic rings. The first kappa shape index (κ1) is 15.5. The van der Waals surface area contributed by atoms with Crippen LogP contribution in [0.2, 0.25) is 0 Å². The highest BCUT2D eigenvalue weighted by atomic mass is 16.5. The average Bonchev–Trinajstić information content (AvgIpc) is 2.54. The lowest BCUT2D eigenvalue weighted by molar-refractivity contribution is -0.121. The molecule has 1 amide bonds. The third kappa shape index (κ3) is 3.82. The number of aromatic nitrogens is 1. The fourth-order valence-corrected chi connectivity index (χ4v) is 1.93. The van der Waals surface area contributed by atoms with E-state index in [1.807, 2.05) is 24.3 Å². The number of rotatable bonds is 5. The minimum absolute atomic E-state index is 0.0810. The Kier molecular flexibility index (Phi) is 5.08. The van der Waals surface area contributed by atoms with Gasteiger partial charge in [-0.05, 0) is 25.1 Å². The van der Waals surface area contributed by atoms with Gasteiger partial charge < -0.3 is 9.30 Å². The van der Waals surface area contributed by atoms with Gasteiger partial charge in [-0.1, -0.05) is 18.2 Å². The van der Waals surface area contributed by atoms with Crippen LogP contribution in [-0.4, -0.2) is 23.3 Å². The van der Waals surface area contributed by atoms with Gasteiger partial charge in [0.25, 0.3) is 11.5 Å². The average molecular weight is 299 g/mol. The summed E-state index contributed by atoms with van der Waals surface area (Å²) in [6, 6.07) is 12.1. The molecule has 0 radical (unpaired) electrons. The first-order chi connectivity index (χ1) is 10.6. The topological polar surface area (TPSA) is 72.7 Å². The van der Waals surface area contributed by atoms with E-state index in [1.165, 1.54) is 10.6 Å². The maximum Gasteiger partial charge on any atom is 0.260 e. The van der Waals surface area contributed by atoms with Crippen molar-refractivity contribution in [2.75, 3.05) is 7.11 Å². The predicted molar refractivity (Wildman–Crippen MR) is 84.0 cm³/mol. The number of ether oxygens (including phenoxy) is 1. The molecule has 6 heteroatoms. The number of carbonyl (C=O) groups excluding carboxylic acids is 1. The van der Waals surface area contributed by atoms with Crippen molar-refractivity contribution in [1.82, 2.24) is 9.99 Å². The van der Waals surface area contributed by atoms with Crippen LogP contribution in [0.15, 0.2) is 58.6 Å². The summed E-state index contributed by atoms with van der Waals surface area (Å²) in [5.41, 5.74) is 3.62. The van der Waals surface area contributed by atoms with Crippen molar-refractivity contribution in [3.63, 3.8) is 0 Å². The molecule has 0 unspecified atom stereocenters. The van der Waals surface area contributed by atoms with Crippen LogP contribution < -0.4 is 15.7 Å². The van der Waals surface area contributed by atoms with Crippen molar-refractivity contribution < 1.29 is 9.53 Å². The highest BCUT2D eigenvalue weighted by Gasteiger charge is 2.06. The second-order valence-electron chi connectivity index (χ2n) is 4.60. The van der Waals surface area contributed by atoms with E-state index in [9.17, 15) is 9.59 Å². The SMILES string of the molecule is COc1ccccc1/C(C)=N\NC(=O)Cn1ccccc1=O. The molecule has 0 spiro atoms. The number of nitrogens with one attached hydrogen (secondary N) is 1. The first-order valence-corrected chi connectivity index (χ1v) is 6.74. The van der Waals surface area contributed by atoms with Gasteiger partial charge in [-0.3, -0.25) is 9.59 Å². The summed E-state index contributed by atoms with van der Waals surface area (Å²) in [6.07, 6.45) is 1.55. The summed E-state index contributed by atoms with van der Waals surface area (Å²) in [7, 11) is 1.58. The maximum atomic E-state index is 11.8. The Hall–Kier alpha value is -2.89. The molecule has 0 aliphatic heterocycles. The van der Waals surface area contributed by atoms with E-state index in [1.54, 1.807) is 32.4 Å². The van der Waals surface area contributed by atoms with Crippen LogP contribution in [-0.2, 0) is 11.3 Å². The van der Waals surface area contributed by atoms with Crippen LogP contribution >= 0.6 is 0 Å². The molecule has 2 rings (SSSR count). The van der Waals surface area contributed by atoms with Gasteiger partial charge >= 0.3 is 0 Å². The number of para-hydroxylation sites is 1. The van der Waals surface area contributed by atoms with E-state index in [0.717, 1.165) is 5.56 Å². The molecule has 1 N–H and O–H groups in total. The fraction of sp³-hybridized carbons (Fsp3) is 0.188. The smallest absolute Gasteiger partial charge is 0.260 e. The third-order valence-corrected chi connectivity index (χ3v) is 3.06. The van der Waals surface area contributed by atoms with Gasteiger partial charge in [0.05, 0.1) is 12.8 Å². The van der Waals surface area contributed by atoms with E-state index in [-0.39, 0.29) is 18.0 Å². The monoisotopic (exact) mass is 299 g/mol. The second kappa shape index (κ2) is 7.21. The number of hydrogen-bond donors (Lipinski definition) is 1. The van der Waals surface area contributed by atoms with Crippen molar-refractivity contribution in [3.8, 4) is 5.75 Å². The Morgan fingerprint density at radius 3 is 2.68 bits per heavy atom. The Bertz CT molecular complexity index is 750. The molecular formula is C16H17N3O3. The molecule has 0 atom stereocenters. The second-order valence-corrected chi connectivity index (χ2v) is 4.60. The molecule has 0 bridgehead atoms. The molecule has 0 aliphatic carbocycles. The molecule has 114 valence electrons. The zero-order valence-corrected chi connectivity index (χ0v) is 12.4. The summed E-state index contributed by atoms with van der Waals surface area (Å²) in [6.45, 7) is 1.69. The molecule has 0 saturated carbocycles. The molecule has 1 aromatic carbocycles. The van der Waals surface area contributed by atoms with Crippen LogP contribution in [0, 0.1) is 0 Å². The fourth-order valence-electron chi connectivity index (χ4n) is 1.93. The highest BCUT2D eigenvalue weighted by Crippen LogP contribution is 2.17. The number of hydrogen-bond acceptors (Lipinski definition) is 4. The Morgan fingerprint density at radius 2 is 1.95 bits per heavy atom. The molecule has 22 heavy (non-hydrogen) atoms. The summed E-state index contributed by atoms with van der Waals surface area (Å²) < 4.78 is 6.55. The van der Waals surface area contributed by atoms with E-state index < -0.39 is 0 Å². The number of benzene rings is 1. The van der Waals surface area contributed by atoms with Crippen molar-refractivity contribution >= 4 is 11.6 Å². The van der Waals surface area contributed by atoms with E-state index in [4.69, 9.17) is 4.74 Å². The van der Waals surface area contributed by atoms with Crippen LogP contribution in [0.25, 0.3) is 0 Å². The summed E-state index contributed by atoms with van der Waals surface area (Å²) in [5, 5.41) is 4.05. The molecule has 1 aromatic heterocycles. The van der Waals surface area contributed by atoms with Gasteiger partial charge in [0.2, 0.25) is 0 Å². The van der Waals surface area contributed by atoms with Gasteiger partial charge in [0.15, 0.2) is 0 Å². The lowest BCUT2D eigenvalue weighted by atomic mass is 10.1. The van der Waals surface area contributed by atoms with Crippen molar-refractivity contribution in [2.24, 2.45) is 5.10 Å². The standard InChI is InChI=1S/C16H17N3O3/c1-12(13-7-3-4-8-14(13)22-2)17-18-15(20)11-19-10-6-5-9-16(19)21/h3-10H,11H2,1-2H3,(H,18,20)/b17-12-. The molecule has 1 heterocycles. The Labute approximate surface area is 128 Å². The number of amides is 1. The Morgan fingerprint density at radius 1 is 1.23 bits per heavy atom. The third-order valence-electron chi connectivity index (χ3n) is 3.06. The number of carbonyl (C=O) groups is 1. The lowest BCUT2D eigenvalue weighted by Gasteiger charge is -2.08. The van der Waals surface area contributed by atoms with Gasteiger partial charge in [-0.15, -0.1) is 0 Å². The normalized spacial score (nSPS) is 11.1. The molecular weight excluding hydrogens is 282 g/mol. The first-order valence-electron chi connectivity index (χ1n) is 6.74. The molecule has 6 nitrogen and oxygen atoms in total. The van der Waals surface area contributed by atoms with Crippen molar-refractivity contribution in [2.45, 2.75) is 13.5 Å². The molecule has 0 fully saturated rings. The van der Waals surface area contributed by atoms with Crippen LogP contribution in [0.1, 0.15) is 12.5 Å². The largest absolute Gasteiger partial charge is 0.496 e. The summed E-state index contributed by atoms with van der Waals surface area (Å²) >= 11 is 0. The summed E-state index contributed by atoms with van der Waals surface area (Å²) in [5.74, 6) is 0.305. The minimum atomic E-state index is -0.373. The van der Waals surface area contributed by atoms with Gasteiger partial charge in [0.1, 0.15) is 12.3 Å². The van der Waals surface area contributed by atoms with E-state index >= 15 is 0 Å². The zero-order chi connectivity index (χ0) is 15.9. The van der Waals surface area contributed by atoms with Crippen molar-refractivity contribution in [1.29, 1.82) is 0 Å². The molecule has 0 saturated heterocycles. The predicted octanol–water partition coefficient (Wildman–Crippen LogP) is 1.40. The Balaban J connectivity index is 2.06. The summed E-state index contributed by atoms with van der Waals surface area (Å²) in [4.78, 5) is 23.4. The van der Waals surface area contributed by atoms with Gasteiger partial charge in [0, 0.05) is 17.8 Å². The number of methoxy groups -OCH3 is 1.